The molecular weight excluding hydrogens is 234 g/mol. The summed E-state index contributed by atoms with van der Waals surface area (Å²) < 4.78 is 1.06. The summed E-state index contributed by atoms with van der Waals surface area (Å²) in [7, 11) is 1.27. The molecule has 1 N–H and O–H groups in total. The molecule has 0 bridgehead atoms. The lowest BCUT2D eigenvalue weighted by Crippen LogP contribution is -2.35. The van der Waals surface area contributed by atoms with Crippen LogP contribution in [0.2, 0.25) is 0 Å². The first-order valence-electron chi connectivity index (χ1n) is 4.23. The van der Waals surface area contributed by atoms with E-state index in [1.165, 1.54) is 7.05 Å². The lowest BCUT2D eigenvalue weighted by Gasteiger charge is -1.97. The minimum absolute atomic E-state index is 0.288. The maximum atomic E-state index is 11.6. The van der Waals surface area contributed by atoms with Crippen LogP contribution in [0.5, 0.6) is 0 Å². The first kappa shape index (κ1) is 10.7. The van der Waals surface area contributed by atoms with E-state index in [-0.39, 0.29) is 16.8 Å². The van der Waals surface area contributed by atoms with Gasteiger partial charge in [0.15, 0.2) is 10.5 Å². The second-order valence-electron chi connectivity index (χ2n) is 2.89. The number of fused-ring (bicyclic) bond motifs is 1. The Labute approximate surface area is 91.1 Å². The SMILES string of the molecule is CN=c1[nH]c(=O)c2c(ncn2N=O)n1[N+](=O)[O-]. The fourth-order valence-corrected chi connectivity index (χ4v) is 1.37. The topological polar surface area (TPSA) is 141 Å². The van der Waals surface area contributed by atoms with Crippen molar-refractivity contribution in [3.8, 4) is 0 Å². The molecule has 2 aromatic heterocycles. The van der Waals surface area contributed by atoms with E-state index in [0.717, 1.165) is 6.33 Å². The highest BCUT2D eigenvalue weighted by atomic mass is 16.7. The number of nitrogens with one attached hydrogen (secondary N) is 1. The molecule has 0 fully saturated rings. The predicted molar refractivity (Wildman–Crippen MR) is 53.4 cm³/mol. The molecule has 0 spiro atoms. The van der Waals surface area contributed by atoms with Gasteiger partial charge in [-0.1, -0.05) is 0 Å². The highest BCUT2D eigenvalue weighted by Gasteiger charge is 2.19. The van der Waals surface area contributed by atoms with Crippen LogP contribution in [0.25, 0.3) is 11.2 Å². The minimum atomic E-state index is -0.817. The van der Waals surface area contributed by atoms with Gasteiger partial charge in [0, 0.05) is 7.05 Å². The van der Waals surface area contributed by atoms with Gasteiger partial charge in [-0.25, -0.2) is 15.1 Å². The van der Waals surface area contributed by atoms with Gasteiger partial charge in [-0.2, -0.15) is 4.68 Å². The van der Waals surface area contributed by atoms with E-state index in [9.17, 15) is 19.8 Å². The Morgan fingerprint density at radius 1 is 1.59 bits per heavy atom. The van der Waals surface area contributed by atoms with E-state index in [1.807, 2.05) is 0 Å². The molecular formula is C6H5N7O4. The van der Waals surface area contributed by atoms with Crippen LogP contribution in [0.3, 0.4) is 0 Å². The highest BCUT2D eigenvalue weighted by molar-refractivity contribution is 5.69. The van der Waals surface area contributed by atoms with E-state index in [2.05, 4.69) is 20.2 Å². The van der Waals surface area contributed by atoms with Crippen molar-refractivity contribution in [3.05, 3.63) is 37.3 Å². The number of rotatable bonds is 2. The molecule has 2 heterocycles. The molecule has 11 nitrogen and oxygen atoms in total. The molecule has 17 heavy (non-hydrogen) atoms. The number of hydrogen-bond acceptors (Lipinski definition) is 7. The summed E-state index contributed by atoms with van der Waals surface area (Å²) in [6, 6.07) is 0. The van der Waals surface area contributed by atoms with Crippen LogP contribution in [0.1, 0.15) is 0 Å². The largest absolute Gasteiger partial charge is 0.286 e. The van der Waals surface area contributed by atoms with E-state index in [4.69, 9.17) is 0 Å². The maximum absolute atomic E-state index is 11.6. The van der Waals surface area contributed by atoms with Crippen molar-refractivity contribution < 1.29 is 5.03 Å². The fourth-order valence-electron chi connectivity index (χ4n) is 1.37. The second-order valence-corrected chi connectivity index (χ2v) is 2.89. The average molecular weight is 239 g/mol. The van der Waals surface area contributed by atoms with Gasteiger partial charge in [0.25, 0.3) is 11.2 Å². The Hall–Kier alpha value is -2.85. The van der Waals surface area contributed by atoms with Crippen molar-refractivity contribution >= 4 is 11.2 Å². The molecule has 0 saturated carbocycles. The molecule has 0 radical (unpaired) electrons. The van der Waals surface area contributed by atoms with E-state index >= 15 is 0 Å². The van der Waals surface area contributed by atoms with Gasteiger partial charge < -0.3 is 0 Å². The predicted octanol–water partition coefficient (Wildman–Crippen LogP) is -1.37. The Bertz CT molecular complexity index is 735. The second kappa shape index (κ2) is 3.62. The molecule has 11 heteroatoms. The standard InChI is InChI=1S/C6H5N7O4/c1-7-6-9-5(14)3-4(12(6)13(16)17)8-2-11(3)10-15/h2H,1H3,(H,7,9,14). The van der Waals surface area contributed by atoms with Crippen LogP contribution >= 0.6 is 0 Å². The van der Waals surface area contributed by atoms with Gasteiger partial charge in [0.1, 0.15) is 6.33 Å². The first-order valence-corrected chi connectivity index (χ1v) is 4.23. The molecule has 0 unspecified atom stereocenters. The molecule has 0 saturated heterocycles. The van der Waals surface area contributed by atoms with Gasteiger partial charge in [0.2, 0.25) is 5.65 Å². The average Bonchev–Trinajstić information content (AvgIpc) is 2.72. The van der Waals surface area contributed by atoms with Crippen molar-refractivity contribution in [2.75, 3.05) is 7.05 Å². The van der Waals surface area contributed by atoms with E-state index in [1.54, 1.807) is 0 Å². The summed E-state index contributed by atoms with van der Waals surface area (Å²) in [5, 5.41) is 12.5. The summed E-state index contributed by atoms with van der Waals surface area (Å²) >= 11 is 0. The quantitative estimate of drug-likeness (QED) is 0.390. The number of imidazole rings is 1. The molecule has 2 rings (SSSR count). The number of nitroso groups, excluding NO2 is 1. The zero-order chi connectivity index (χ0) is 12.6. The maximum Gasteiger partial charge on any atom is 0.281 e. The van der Waals surface area contributed by atoms with Gasteiger partial charge in [-0.3, -0.25) is 14.8 Å². The molecule has 0 aromatic carbocycles. The van der Waals surface area contributed by atoms with Crippen LogP contribution in [0.4, 0.5) is 0 Å². The third-order valence-corrected chi connectivity index (χ3v) is 2.04. The Morgan fingerprint density at radius 2 is 2.29 bits per heavy atom. The molecule has 88 valence electrons. The lowest BCUT2D eigenvalue weighted by atomic mass is 10.5. The molecule has 0 atom stereocenters. The van der Waals surface area contributed by atoms with Gasteiger partial charge in [-0.15, -0.1) is 4.91 Å². The number of aromatic nitrogens is 4. The van der Waals surface area contributed by atoms with E-state index < -0.39 is 10.6 Å². The van der Waals surface area contributed by atoms with Crippen LogP contribution in [-0.2, 0) is 0 Å². The van der Waals surface area contributed by atoms with Gasteiger partial charge in [0.05, 0.1) is 5.29 Å². The molecule has 0 aliphatic carbocycles. The molecule has 2 aromatic rings. The molecule has 0 amide bonds. The normalized spacial score (nSPS) is 11.9. The summed E-state index contributed by atoms with van der Waals surface area (Å²) in [5.74, 6) is 0. The highest BCUT2D eigenvalue weighted by Crippen LogP contribution is 2.04. The molecule has 0 aliphatic heterocycles. The summed E-state index contributed by atoms with van der Waals surface area (Å²) in [5.41, 5.74) is -1.65. The van der Waals surface area contributed by atoms with Crippen LogP contribution in [0.15, 0.2) is 21.4 Å². The van der Waals surface area contributed by atoms with Crippen molar-refractivity contribution in [1.82, 2.24) is 19.3 Å². The van der Waals surface area contributed by atoms with Crippen LogP contribution in [0, 0.1) is 15.0 Å². The van der Waals surface area contributed by atoms with E-state index in [0.29, 0.717) is 9.35 Å². The van der Waals surface area contributed by atoms with Crippen molar-refractivity contribution in [2.45, 2.75) is 0 Å². The van der Waals surface area contributed by atoms with Crippen molar-refractivity contribution in [1.29, 1.82) is 0 Å². The van der Waals surface area contributed by atoms with Crippen molar-refractivity contribution in [3.63, 3.8) is 0 Å². The third-order valence-electron chi connectivity index (χ3n) is 2.04. The number of hydrogen-bond donors (Lipinski definition) is 1. The number of nitrogens with zero attached hydrogens (tertiary/aromatic N) is 6. The number of H-pyrrole nitrogens is 1. The van der Waals surface area contributed by atoms with Crippen LogP contribution in [-0.4, -0.2) is 31.4 Å². The summed E-state index contributed by atoms with van der Waals surface area (Å²) in [6.45, 7) is 0. The smallest absolute Gasteiger partial charge is 0.281 e. The van der Waals surface area contributed by atoms with Gasteiger partial charge >= 0.3 is 0 Å². The minimum Gasteiger partial charge on any atom is -0.286 e. The first-order chi connectivity index (χ1) is 8.10. The molecule has 0 aliphatic rings. The van der Waals surface area contributed by atoms with Crippen LogP contribution < -0.4 is 11.2 Å². The van der Waals surface area contributed by atoms with Crippen molar-refractivity contribution in [2.24, 2.45) is 10.3 Å². The summed E-state index contributed by atoms with van der Waals surface area (Å²) in [6.07, 6.45) is 0.909. The Kier molecular flexibility index (Phi) is 2.27. The summed E-state index contributed by atoms with van der Waals surface area (Å²) in [4.78, 5) is 42.1. The van der Waals surface area contributed by atoms with Gasteiger partial charge in [-0.05, 0) is 4.68 Å². The Balaban J connectivity index is 3.11. The lowest BCUT2D eigenvalue weighted by molar-refractivity contribution is -0.542. The number of aromatic amines is 1. The zero-order valence-corrected chi connectivity index (χ0v) is 8.39. The number of nitro groups is 1. The monoisotopic (exact) mass is 239 g/mol. The fraction of sp³-hybridized carbons (Fsp3) is 0.167. The third kappa shape index (κ3) is 1.40. The zero-order valence-electron chi connectivity index (χ0n) is 8.39. The Morgan fingerprint density at radius 3 is 2.82 bits per heavy atom.